The number of nitrogens with zero attached hydrogens (tertiary/aromatic N) is 3. The fourth-order valence-electron chi connectivity index (χ4n) is 3.42. The molecule has 0 aliphatic carbocycles. The summed E-state index contributed by atoms with van der Waals surface area (Å²) in [4.78, 5) is 31.1. The number of benzene rings is 1. The average Bonchev–Trinajstić information content (AvgIpc) is 3.25. The molecule has 0 spiro atoms. The van der Waals surface area contributed by atoms with Gasteiger partial charge in [-0.2, -0.15) is 5.10 Å². The number of halogens is 2. The molecular formula is C21H19Cl2N5O2. The molecule has 2 aromatic heterocycles. The number of piperidine rings is 1. The molecule has 0 unspecified atom stereocenters. The Balaban J connectivity index is 1.34. The lowest BCUT2D eigenvalue weighted by atomic mass is 9.95. The summed E-state index contributed by atoms with van der Waals surface area (Å²) in [7, 11) is 0. The summed E-state index contributed by atoms with van der Waals surface area (Å²) in [6, 6.07) is 12.4. The number of aromatic amines is 1. The van der Waals surface area contributed by atoms with E-state index in [1.807, 2.05) is 12.1 Å². The fraction of sp³-hybridized carbons (Fsp3) is 0.238. The van der Waals surface area contributed by atoms with Crippen molar-refractivity contribution < 1.29 is 9.59 Å². The summed E-state index contributed by atoms with van der Waals surface area (Å²) in [5, 5.41) is 11.0. The summed E-state index contributed by atoms with van der Waals surface area (Å²) in [6.45, 7) is 0.993. The third kappa shape index (κ3) is 4.63. The van der Waals surface area contributed by atoms with Gasteiger partial charge in [0.2, 0.25) is 5.91 Å². The summed E-state index contributed by atoms with van der Waals surface area (Å²) in [5.74, 6) is 0.0694. The Morgan fingerprint density at radius 2 is 1.87 bits per heavy atom. The van der Waals surface area contributed by atoms with Crippen molar-refractivity contribution in [2.75, 3.05) is 18.4 Å². The Morgan fingerprint density at radius 1 is 1.07 bits per heavy atom. The van der Waals surface area contributed by atoms with Crippen molar-refractivity contribution >= 4 is 40.8 Å². The number of amides is 2. The zero-order valence-corrected chi connectivity index (χ0v) is 17.5. The Hall–Kier alpha value is -2.90. The van der Waals surface area contributed by atoms with Crippen LogP contribution in [-0.2, 0) is 4.79 Å². The zero-order chi connectivity index (χ0) is 21.1. The maximum Gasteiger partial charge on any atom is 0.271 e. The molecule has 3 aromatic rings. The van der Waals surface area contributed by atoms with Crippen molar-refractivity contribution in [3.05, 3.63) is 64.4 Å². The first-order chi connectivity index (χ1) is 14.5. The number of likely N-dealkylation sites (tertiary alicyclic amines) is 1. The topological polar surface area (TPSA) is 91.0 Å². The SMILES string of the molecule is O=C(Nc1ccc(Cl)cn1)C1CCN(C(=O)c2cc(-c3cccc(Cl)c3)n[nH]2)CC1. The van der Waals surface area contributed by atoms with Crippen LogP contribution in [0, 0.1) is 5.92 Å². The van der Waals surface area contributed by atoms with Crippen molar-refractivity contribution in [1.82, 2.24) is 20.1 Å². The standard InChI is InChI=1S/C21H19Cl2N5O2/c22-15-3-1-2-14(10-15)17-11-18(27-26-17)21(30)28-8-6-13(7-9-28)20(29)25-19-5-4-16(23)12-24-19/h1-5,10-13H,6-9H2,(H,26,27)(H,24,25,29). The first kappa shape index (κ1) is 20.4. The van der Waals surface area contributed by atoms with Gasteiger partial charge in [0, 0.05) is 35.8 Å². The van der Waals surface area contributed by atoms with E-state index >= 15 is 0 Å². The molecule has 7 nitrogen and oxygen atoms in total. The van der Waals surface area contributed by atoms with Gasteiger partial charge in [0.05, 0.1) is 10.7 Å². The largest absolute Gasteiger partial charge is 0.337 e. The van der Waals surface area contributed by atoms with E-state index in [0.717, 1.165) is 5.56 Å². The van der Waals surface area contributed by atoms with Crippen molar-refractivity contribution in [3.8, 4) is 11.3 Å². The van der Waals surface area contributed by atoms with Crippen LogP contribution in [0.5, 0.6) is 0 Å². The van der Waals surface area contributed by atoms with Crippen LogP contribution < -0.4 is 5.32 Å². The molecule has 2 N–H and O–H groups in total. The first-order valence-electron chi connectivity index (χ1n) is 9.52. The normalized spacial score (nSPS) is 14.5. The number of anilines is 1. The number of carbonyl (C=O) groups excluding carboxylic acids is 2. The Labute approximate surface area is 183 Å². The molecule has 4 rings (SSSR count). The van der Waals surface area contributed by atoms with Crippen molar-refractivity contribution in [2.45, 2.75) is 12.8 Å². The minimum atomic E-state index is -0.171. The molecule has 1 aromatic carbocycles. The smallest absolute Gasteiger partial charge is 0.271 e. The van der Waals surface area contributed by atoms with Crippen molar-refractivity contribution in [1.29, 1.82) is 0 Å². The van der Waals surface area contributed by atoms with Crippen LogP contribution in [0.4, 0.5) is 5.82 Å². The second kappa shape index (κ2) is 8.85. The highest BCUT2D eigenvalue weighted by molar-refractivity contribution is 6.31. The van der Waals surface area contributed by atoms with Gasteiger partial charge < -0.3 is 10.2 Å². The molecule has 1 aliphatic heterocycles. The summed E-state index contributed by atoms with van der Waals surface area (Å²) >= 11 is 11.8. The number of nitrogens with one attached hydrogen (secondary N) is 2. The van der Waals surface area contributed by atoms with Crippen LogP contribution >= 0.6 is 23.2 Å². The predicted molar refractivity (Wildman–Crippen MR) is 116 cm³/mol. The van der Waals surface area contributed by atoms with Gasteiger partial charge in [0.1, 0.15) is 11.5 Å². The highest BCUT2D eigenvalue weighted by Gasteiger charge is 2.28. The lowest BCUT2D eigenvalue weighted by Gasteiger charge is -2.30. The zero-order valence-electron chi connectivity index (χ0n) is 15.9. The molecule has 1 saturated heterocycles. The van der Waals surface area contributed by atoms with Crippen LogP contribution in [0.3, 0.4) is 0 Å². The number of rotatable bonds is 4. The summed E-state index contributed by atoms with van der Waals surface area (Å²) in [5.41, 5.74) is 1.91. The molecule has 9 heteroatoms. The van der Waals surface area contributed by atoms with Crippen LogP contribution in [0.25, 0.3) is 11.3 Å². The third-order valence-electron chi connectivity index (χ3n) is 5.06. The van der Waals surface area contributed by atoms with E-state index in [1.54, 1.807) is 35.2 Å². The lowest BCUT2D eigenvalue weighted by Crippen LogP contribution is -2.41. The molecule has 2 amide bonds. The lowest BCUT2D eigenvalue weighted by molar-refractivity contribution is -0.121. The van der Waals surface area contributed by atoms with Crippen LogP contribution in [-0.4, -0.2) is 45.0 Å². The molecule has 0 saturated carbocycles. The summed E-state index contributed by atoms with van der Waals surface area (Å²) < 4.78 is 0. The molecule has 3 heterocycles. The molecule has 1 aliphatic rings. The maximum atomic E-state index is 12.8. The van der Waals surface area contributed by atoms with Gasteiger partial charge in [0.25, 0.3) is 5.91 Å². The second-order valence-electron chi connectivity index (χ2n) is 7.09. The summed E-state index contributed by atoms with van der Waals surface area (Å²) in [6.07, 6.45) is 2.65. The Kier molecular flexibility index (Phi) is 6.01. The molecule has 30 heavy (non-hydrogen) atoms. The fourth-order valence-corrected chi connectivity index (χ4v) is 3.72. The van der Waals surface area contributed by atoms with E-state index in [-0.39, 0.29) is 17.7 Å². The van der Waals surface area contributed by atoms with Gasteiger partial charge in [-0.25, -0.2) is 4.98 Å². The van der Waals surface area contributed by atoms with Crippen LogP contribution in [0.1, 0.15) is 23.3 Å². The molecule has 1 fully saturated rings. The quantitative estimate of drug-likeness (QED) is 0.629. The van der Waals surface area contributed by atoms with Crippen LogP contribution in [0.15, 0.2) is 48.7 Å². The average molecular weight is 444 g/mol. The highest BCUT2D eigenvalue weighted by Crippen LogP contribution is 2.24. The minimum Gasteiger partial charge on any atom is -0.337 e. The van der Waals surface area contributed by atoms with E-state index in [9.17, 15) is 9.59 Å². The van der Waals surface area contributed by atoms with Gasteiger partial charge in [-0.05, 0) is 43.2 Å². The van der Waals surface area contributed by atoms with E-state index in [2.05, 4.69) is 20.5 Å². The van der Waals surface area contributed by atoms with E-state index in [1.165, 1.54) is 6.20 Å². The van der Waals surface area contributed by atoms with Crippen LogP contribution in [0.2, 0.25) is 10.0 Å². The van der Waals surface area contributed by atoms with E-state index < -0.39 is 0 Å². The Morgan fingerprint density at radius 3 is 2.57 bits per heavy atom. The van der Waals surface area contributed by atoms with Gasteiger partial charge in [-0.15, -0.1) is 0 Å². The maximum absolute atomic E-state index is 12.8. The monoisotopic (exact) mass is 443 g/mol. The molecular weight excluding hydrogens is 425 g/mol. The molecule has 0 bridgehead atoms. The van der Waals surface area contributed by atoms with Gasteiger partial charge in [-0.1, -0.05) is 35.3 Å². The number of hydrogen-bond acceptors (Lipinski definition) is 4. The Bertz CT molecular complexity index is 1060. The highest BCUT2D eigenvalue weighted by atomic mass is 35.5. The van der Waals surface area contributed by atoms with Gasteiger partial charge in [-0.3, -0.25) is 14.7 Å². The predicted octanol–water partition coefficient (Wildman–Crippen LogP) is 4.27. The number of carbonyl (C=O) groups is 2. The molecule has 154 valence electrons. The van der Waals surface area contributed by atoms with Gasteiger partial charge >= 0.3 is 0 Å². The van der Waals surface area contributed by atoms with Gasteiger partial charge in [0.15, 0.2) is 0 Å². The number of pyridine rings is 1. The second-order valence-corrected chi connectivity index (χ2v) is 7.97. The number of H-pyrrole nitrogens is 1. The number of aromatic nitrogens is 3. The third-order valence-corrected chi connectivity index (χ3v) is 5.52. The molecule has 0 radical (unpaired) electrons. The van der Waals surface area contributed by atoms with Crippen molar-refractivity contribution in [2.24, 2.45) is 5.92 Å². The van der Waals surface area contributed by atoms with E-state index in [0.29, 0.717) is 53.2 Å². The minimum absolute atomic E-state index is 0.0956. The van der Waals surface area contributed by atoms with Crippen molar-refractivity contribution in [3.63, 3.8) is 0 Å². The first-order valence-corrected chi connectivity index (χ1v) is 10.3. The van der Waals surface area contributed by atoms with E-state index in [4.69, 9.17) is 23.2 Å². The number of hydrogen-bond donors (Lipinski definition) is 2. The molecule has 0 atom stereocenters.